The number of fused-ring (bicyclic) bond motifs is 1. The molecule has 76 valence electrons. The van der Waals surface area contributed by atoms with Crippen molar-refractivity contribution in [3.8, 4) is 17.2 Å². The summed E-state index contributed by atoms with van der Waals surface area (Å²) in [6, 6.07) is 3.12. The summed E-state index contributed by atoms with van der Waals surface area (Å²) >= 11 is 0. The van der Waals surface area contributed by atoms with Crippen molar-refractivity contribution < 1.29 is 14.6 Å². The van der Waals surface area contributed by atoms with Gasteiger partial charge in [0, 0.05) is 12.5 Å². The molecule has 0 aliphatic carbocycles. The fourth-order valence-electron chi connectivity index (χ4n) is 1.68. The van der Waals surface area contributed by atoms with Crippen LogP contribution in [-0.4, -0.2) is 18.8 Å². The number of rotatable bonds is 1. The Hall–Kier alpha value is -1.42. The molecule has 0 amide bonds. The summed E-state index contributed by atoms with van der Waals surface area (Å²) in [5.41, 5.74) is 6.68. The SMILES string of the molecule is COc1ccc(O)c2c1[C@@H](N)CCO2. The van der Waals surface area contributed by atoms with Crippen LogP contribution in [0.1, 0.15) is 18.0 Å². The van der Waals surface area contributed by atoms with E-state index in [4.69, 9.17) is 15.2 Å². The van der Waals surface area contributed by atoms with Crippen molar-refractivity contribution in [3.05, 3.63) is 17.7 Å². The summed E-state index contributed by atoms with van der Waals surface area (Å²) in [7, 11) is 1.58. The number of phenolic OH excluding ortho intramolecular Hbond substituents is 1. The molecular formula is C10H13NO3. The fraction of sp³-hybridized carbons (Fsp3) is 0.400. The molecule has 1 aromatic rings. The predicted octanol–water partition coefficient (Wildman–Crippen LogP) is 1.18. The lowest BCUT2D eigenvalue weighted by Gasteiger charge is -2.25. The van der Waals surface area contributed by atoms with E-state index >= 15 is 0 Å². The first-order valence-electron chi connectivity index (χ1n) is 4.52. The van der Waals surface area contributed by atoms with Gasteiger partial charge in [-0.15, -0.1) is 0 Å². The molecular weight excluding hydrogens is 182 g/mol. The van der Waals surface area contributed by atoms with Crippen LogP contribution in [0, 0.1) is 0 Å². The minimum absolute atomic E-state index is 0.121. The first kappa shape index (κ1) is 9.15. The third-order valence-electron chi connectivity index (χ3n) is 2.40. The zero-order chi connectivity index (χ0) is 10.1. The van der Waals surface area contributed by atoms with Crippen LogP contribution in [0.3, 0.4) is 0 Å². The van der Waals surface area contributed by atoms with E-state index in [1.165, 1.54) is 0 Å². The van der Waals surface area contributed by atoms with Crippen molar-refractivity contribution >= 4 is 0 Å². The van der Waals surface area contributed by atoms with Gasteiger partial charge in [0.2, 0.25) is 0 Å². The number of benzene rings is 1. The summed E-state index contributed by atoms with van der Waals surface area (Å²) in [5, 5.41) is 9.56. The van der Waals surface area contributed by atoms with Crippen LogP contribution in [0.25, 0.3) is 0 Å². The van der Waals surface area contributed by atoms with Crippen molar-refractivity contribution in [2.75, 3.05) is 13.7 Å². The molecule has 1 aliphatic heterocycles. The van der Waals surface area contributed by atoms with Gasteiger partial charge in [-0.05, 0) is 12.1 Å². The van der Waals surface area contributed by atoms with Gasteiger partial charge in [0.25, 0.3) is 0 Å². The molecule has 2 rings (SSSR count). The summed E-state index contributed by atoms with van der Waals surface area (Å²) in [5.74, 6) is 1.25. The zero-order valence-electron chi connectivity index (χ0n) is 7.99. The number of hydrogen-bond donors (Lipinski definition) is 2. The highest BCUT2D eigenvalue weighted by atomic mass is 16.5. The van der Waals surface area contributed by atoms with Gasteiger partial charge in [0.05, 0.1) is 19.3 Å². The maximum atomic E-state index is 9.56. The van der Waals surface area contributed by atoms with Gasteiger partial charge in [-0.2, -0.15) is 0 Å². The van der Waals surface area contributed by atoms with Crippen molar-refractivity contribution in [1.82, 2.24) is 0 Å². The molecule has 0 bridgehead atoms. The summed E-state index contributed by atoms with van der Waals surface area (Å²) in [4.78, 5) is 0. The van der Waals surface area contributed by atoms with Gasteiger partial charge in [0.1, 0.15) is 5.75 Å². The number of phenols is 1. The molecule has 0 spiro atoms. The monoisotopic (exact) mass is 195 g/mol. The second-order valence-electron chi connectivity index (χ2n) is 3.27. The predicted molar refractivity (Wildman–Crippen MR) is 51.7 cm³/mol. The van der Waals surface area contributed by atoms with Gasteiger partial charge in [0.15, 0.2) is 11.5 Å². The highest BCUT2D eigenvalue weighted by Crippen LogP contribution is 2.43. The molecule has 1 aliphatic rings. The second kappa shape index (κ2) is 3.38. The van der Waals surface area contributed by atoms with E-state index in [0.717, 1.165) is 12.0 Å². The third kappa shape index (κ3) is 1.28. The third-order valence-corrected chi connectivity index (χ3v) is 2.40. The molecule has 3 N–H and O–H groups in total. The minimum atomic E-state index is -0.124. The number of ether oxygens (including phenoxy) is 2. The van der Waals surface area contributed by atoms with Crippen molar-refractivity contribution in [3.63, 3.8) is 0 Å². The quantitative estimate of drug-likeness (QED) is 0.706. The van der Waals surface area contributed by atoms with Gasteiger partial charge < -0.3 is 20.3 Å². The minimum Gasteiger partial charge on any atom is -0.504 e. The van der Waals surface area contributed by atoms with Crippen LogP contribution < -0.4 is 15.2 Å². The van der Waals surface area contributed by atoms with Crippen molar-refractivity contribution in [2.24, 2.45) is 5.73 Å². The maximum Gasteiger partial charge on any atom is 0.169 e. The van der Waals surface area contributed by atoms with E-state index in [-0.39, 0.29) is 11.8 Å². The maximum absolute atomic E-state index is 9.56. The van der Waals surface area contributed by atoms with E-state index in [0.29, 0.717) is 18.1 Å². The Kier molecular flexibility index (Phi) is 2.21. The number of nitrogens with two attached hydrogens (primary N) is 1. The molecule has 0 radical (unpaired) electrons. The first-order valence-corrected chi connectivity index (χ1v) is 4.52. The largest absolute Gasteiger partial charge is 0.504 e. The Morgan fingerprint density at radius 3 is 3.07 bits per heavy atom. The lowest BCUT2D eigenvalue weighted by Crippen LogP contribution is -2.21. The van der Waals surface area contributed by atoms with E-state index in [9.17, 15) is 5.11 Å². The van der Waals surface area contributed by atoms with Gasteiger partial charge in [-0.3, -0.25) is 0 Å². The lowest BCUT2D eigenvalue weighted by molar-refractivity contribution is 0.249. The Bertz CT molecular complexity index is 351. The van der Waals surface area contributed by atoms with Crippen LogP contribution in [0.15, 0.2) is 12.1 Å². The fourth-order valence-corrected chi connectivity index (χ4v) is 1.68. The normalized spacial score (nSPS) is 19.7. The molecule has 0 unspecified atom stereocenters. The Morgan fingerprint density at radius 2 is 2.36 bits per heavy atom. The van der Waals surface area contributed by atoms with E-state index < -0.39 is 0 Å². The molecule has 1 atom stereocenters. The van der Waals surface area contributed by atoms with Crippen LogP contribution in [0.5, 0.6) is 17.2 Å². The lowest BCUT2D eigenvalue weighted by atomic mass is 10.00. The second-order valence-corrected chi connectivity index (χ2v) is 3.27. The Balaban J connectivity index is 2.58. The molecule has 14 heavy (non-hydrogen) atoms. The van der Waals surface area contributed by atoms with Crippen molar-refractivity contribution in [2.45, 2.75) is 12.5 Å². The van der Waals surface area contributed by atoms with Gasteiger partial charge in [-0.1, -0.05) is 0 Å². The molecule has 4 nitrogen and oxygen atoms in total. The Morgan fingerprint density at radius 1 is 1.57 bits per heavy atom. The average molecular weight is 195 g/mol. The number of methoxy groups -OCH3 is 1. The summed E-state index contributed by atoms with van der Waals surface area (Å²) < 4.78 is 10.5. The van der Waals surface area contributed by atoms with Crippen molar-refractivity contribution in [1.29, 1.82) is 0 Å². The van der Waals surface area contributed by atoms with Gasteiger partial charge >= 0.3 is 0 Å². The molecule has 1 heterocycles. The topological polar surface area (TPSA) is 64.7 Å². The summed E-state index contributed by atoms with van der Waals surface area (Å²) in [6.07, 6.45) is 0.743. The molecule has 0 aromatic heterocycles. The van der Waals surface area contributed by atoms with Crippen LogP contribution >= 0.6 is 0 Å². The molecule has 4 heteroatoms. The smallest absolute Gasteiger partial charge is 0.169 e. The standard InChI is InChI=1S/C10H13NO3/c1-13-8-3-2-7(12)10-9(8)6(11)4-5-14-10/h2-3,6,12H,4-5,11H2,1H3/t6-/m0/s1. The van der Waals surface area contributed by atoms with E-state index in [2.05, 4.69) is 0 Å². The highest BCUT2D eigenvalue weighted by Gasteiger charge is 2.24. The molecule has 0 saturated heterocycles. The molecule has 0 fully saturated rings. The summed E-state index contributed by atoms with van der Waals surface area (Å²) in [6.45, 7) is 0.537. The first-order chi connectivity index (χ1) is 6.74. The van der Waals surface area contributed by atoms with Crippen LogP contribution in [-0.2, 0) is 0 Å². The van der Waals surface area contributed by atoms with E-state index in [1.807, 2.05) is 0 Å². The van der Waals surface area contributed by atoms with E-state index in [1.54, 1.807) is 19.2 Å². The van der Waals surface area contributed by atoms with Crippen LogP contribution in [0.2, 0.25) is 0 Å². The van der Waals surface area contributed by atoms with Gasteiger partial charge in [-0.25, -0.2) is 0 Å². The molecule has 0 saturated carbocycles. The number of hydrogen-bond acceptors (Lipinski definition) is 4. The average Bonchev–Trinajstić information content (AvgIpc) is 2.20. The highest BCUT2D eigenvalue weighted by molar-refractivity contribution is 5.55. The number of aromatic hydroxyl groups is 1. The Labute approximate surface area is 82.2 Å². The molecule has 1 aromatic carbocycles. The van der Waals surface area contributed by atoms with Crippen LogP contribution in [0.4, 0.5) is 0 Å². The zero-order valence-corrected chi connectivity index (χ0v) is 7.99.